The Morgan fingerprint density at radius 2 is 1.72 bits per heavy atom. The van der Waals surface area contributed by atoms with Crippen LogP contribution >= 0.6 is 11.6 Å². The number of halogens is 1. The van der Waals surface area contributed by atoms with Gasteiger partial charge in [0.2, 0.25) is 0 Å². The summed E-state index contributed by atoms with van der Waals surface area (Å²) in [5.74, 6) is 1.65. The summed E-state index contributed by atoms with van der Waals surface area (Å²) in [4.78, 5) is 17.9. The van der Waals surface area contributed by atoms with Gasteiger partial charge in [-0.25, -0.2) is 4.98 Å². The molecule has 0 saturated heterocycles. The highest BCUT2D eigenvalue weighted by Crippen LogP contribution is 2.29. The minimum Gasteiger partial charge on any atom is -0.455 e. The average molecular weight is 440 g/mol. The zero-order valence-electron chi connectivity index (χ0n) is 17.2. The van der Waals surface area contributed by atoms with E-state index >= 15 is 0 Å². The second-order valence-electron chi connectivity index (χ2n) is 7.29. The molecule has 0 atom stereocenters. The molecular formula is C26H18ClN3O2. The first-order valence-corrected chi connectivity index (χ1v) is 10.5. The predicted octanol–water partition coefficient (Wildman–Crippen LogP) is 6.17. The summed E-state index contributed by atoms with van der Waals surface area (Å²) in [6.07, 6.45) is 1.52. The molecular weight excluding hydrogens is 422 g/mol. The van der Waals surface area contributed by atoms with E-state index in [-0.39, 0.29) is 5.56 Å². The summed E-state index contributed by atoms with van der Waals surface area (Å²) in [5.41, 5.74) is 3.02. The van der Waals surface area contributed by atoms with E-state index in [4.69, 9.17) is 21.0 Å². The molecule has 5 rings (SSSR count). The van der Waals surface area contributed by atoms with Crippen LogP contribution in [0.15, 0.2) is 99.2 Å². The Hall–Kier alpha value is -3.96. The van der Waals surface area contributed by atoms with Gasteiger partial charge < -0.3 is 4.42 Å². The molecule has 0 radical (unpaired) electrons. The van der Waals surface area contributed by atoms with Gasteiger partial charge in [-0.3, -0.25) is 4.79 Å². The van der Waals surface area contributed by atoms with Crippen molar-refractivity contribution in [2.24, 2.45) is 5.10 Å². The van der Waals surface area contributed by atoms with Crippen molar-refractivity contribution in [3.05, 3.63) is 112 Å². The molecule has 2 heterocycles. The number of para-hydroxylation sites is 1. The molecule has 156 valence electrons. The van der Waals surface area contributed by atoms with Crippen LogP contribution in [0.1, 0.15) is 11.3 Å². The van der Waals surface area contributed by atoms with E-state index in [9.17, 15) is 4.79 Å². The van der Waals surface area contributed by atoms with Gasteiger partial charge in [0.25, 0.3) is 5.56 Å². The zero-order valence-corrected chi connectivity index (χ0v) is 18.0. The van der Waals surface area contributed by atoms with Gasteiger partial charge in [-0.05, 0) is 42.8 Å². The van der Waals surface area contributed by atoms with Crippen molar-refractivity contribution in [2.75, 3.05) is 0 Å². The molecule has 0 amide bonds. The SMILES string of the molecule is Cc1c(Cl)cccc1-c1ccc(C=Nn2c(-c3ccccc3)nc3ccccc3c2=O)o1. The summed E-state index contributed by atoms with van der Waals surface area (Å²) in [6, 6.07) is 26.1. The van der Waals surface area contributed by atoms with Crippen molar-refractivity contribution in [3.63, 3.8) is 0 Å². The molecule has 0 spiro atoms. The van der Waals surface area contributed by atoms with Crippen molar-refractivity contribution in [3.8, 4) is 22.7 Å². The summed E-state index contributed by atoms with van der Waals surface area (Å²) in [5, 5.41) is 5.62. The predicted molar refractivity (Wildman–Crippen MR) is 128 cm³/mol. The van der Waals surface area contributed by atoms with Gasteiger partial charge in [0.05, 0.1) is 17.1 Å². The highest BCUT2D eigenvalue weighted by molar-refractivity contribution is 6.31. The quantitative estimate of drug-likeness (QED) is 0.315. The lowest BCUT2D eigenvalue weighted by molar-refractivity contribution is 0.573. The Morgan fingerprint density at radius 1 is 0.938 bits per heavy atom. The number of hydrogen-bond donors (Lipinski definition) is 0. The Labute approximate surface area is 189 Å². The number of furan rings is 1. The van der Waals surface area contributed by atoms with E-state index < -0.39 is 0 Å². The third-order valence-corrected chi connectivity index (χ3v) is 5.66. The van der Waals surface area contributed by atoms with Crippen molar-refractivity contribution in [1.82, 2.24) is 9.66 Å². The van der Waals surface area contributed by atoms with Crippen LogP contribution in [0.2, 0.25) is 5.02 Å². The first-order chi connectivity index (χ1) is 15.6. The standard InChI is InChI=1S/C26H18ClN3O2/c1-17-20(11-7-12-22(17)27)24-15-14-19(32-24)16-28-30-25(18-8-3-2-4-9-18)29-23-13-6-5-10-21(23)26(30)31/h2-16H,1H3. The maximum absolute atomic E-state index is 13.2. The summed E-state index contributed by atoms with van der Waals surface area (Å²) >= 11 is 6.24. The minimum atomic E-state index is -0.247. The number of benzene rings is 3. The first-order valence-electron chi connectivity index (χ1n) is 10.1. The number of hydrogen-bond acceptors (Lipinski definition) is 4. The van der Waals surface area contributed by atoms with Gasteiger partial charge in [0, 0.05) is 16.1 Å². The maximum Gasteiger partial charge on any atom is 0.282 e. The van der Waals surface area contributed by atoms with E-state index in [1.807, 2.05) is 79.7 Å². The van der Waals surface area contributed by atoms with Crippen molar-refractivity contribution in [1.29, 1.82) is 0 Å². The topological polar surface area (TPSA) is 60.4 Å². The lowest BCUT2D eigenvalue weighted by Gasteiger charge is -2.09. The summed E-state index contributed by atoms with van der Waals surface area (Å²) < 4.78 is 7.27. The molecule has 0 N–H and O–H groups in total. The second-order valence-corrected chi connectivity index (χ2v) is 7.70. The Bertz CT molecular complexity index is 1520. The Balaban J connectivity index is 1.60. The van der Waals surface area contributed by atoms with Gasteiger partial charge in [0.1, 0.15) is 11.5 Å². The Morgan fingerprint density at radius 3 is 2.56 bits per heavy atom. The summed E-state index contributed by atoms with van der Waals surface area (Å²) in [6.45, 7) is 1.94. The molecule has 0 aliphatic heterocycles. The summed E-state index contributed by atoms with van der Waals surface area (Å²) in [7, 11) is 0. The van der Waals surface area contributed by atoms with E-state index in [2.05, 4.69) is 5.10 Å². The van der Waals surface area contributed by atoms with Crippen molar-refractivity contribution >= 4 is 28.7 Å². The van der Waals surface area contributed by atoms with Crippen molar-refractivity contribution < 1.29 is 4.42 Å². The number of aromatic nitrogens is 2. The van der Waals surface area contributed by atoms with E-state index in [0.29, 0.717) is 33.3 Å². The molecule has 6 heteroatoms. The number of fused-ring (bicyclic) bond motifs is 1. The normalized spacial score (nSPS) is 11.4. The molecule has 5 nitrogen and oxygen atoms in total. The monoisotopic (exact) mass is 439 g/mol. The molecule has 0 aliphatic carbocycles. The van der Waals surface area contributed by atoms with E-state index in [1.54, 1.807) is 12.1 Å². The van der Waals surface area contributed by atoms with Crippen LogP contribution in [-0.4, -0.2) is 15.9 Å². The number of nitrogens with zero attached hydrogens (tertiary/aromatic N) is 3. The van der Waals surface area contributed by atoms with Gasteiger partial charge in [-0.1, -0.05) is 66.2 Å². The zero-order chi connectivity index (χ0) is 22.1. The molecule has 32 heavy (non-hydrogen) atoms. The van der Waals surface area contributed by atoms with Crippen molar-refractivity contribution in [2.45, 2.75) is 6.92 Å². The average Bonchev–Trinajstić information content (AvgIpc) is 3.29. The van der Waals surface area contributed by atoms with Crippen LogP contribution in [0, 0.1) is 6.92 Å². The van der Waals surface area contributed by atoms with Crippen LogP contribution in [0.3, 0.4) is 0 Å². The molecule has 5 aromatic rings. The van der Waals surface area contributed by atoms with Gasteiger partial charge in [0.15, 0.2) is 5.82 Å². The first kappa shape index (κ1) is 20.0. The fourth-order valence-electron chi connectivity index (χ4n) is 3.56. The molecule has 0 unspecified atom stereocenters. The molecule has 2 aromatic heterocycles. The minimum absolute atomic E-state index is 0.247. The highest BCUT2D eigenvalue weighted by Gasteiger charge is 2.13. The molecule has 0 fully saturated rings. The molecule has 0 bridgehead atoms. The van der Waals surface area contributed by atoms with Gasteiger partial charge in [-0.15, -0.1) is 0 Å². The fraction of sp³-hybridized carbons (Fsp3) is 0.0385. The largest absolute Gasteiger partial charge is 0.455 e. The highest BCUT2D eigenvalue weighted by atomic mass is 35.5. The fourth-order valence-corrected chi connectivity index (χ4v) is 3.74. The number of rotatable bonds is 4. The van der Waals surface area contributed by atoms with Crippen LogP contribution in [0.5, 0.6) is 0 Å². The van der Waals surface area contributed by atoms with Crippen LogP contribution in [0.4, 0.5) is 0 Å². The van der Waals surface area contributed by atoms with Crippen LogP contribution in [-0.2, 0) is 0 Å². The van der Waals surface area contributed by atoms with E-state index in [0.717, 1.165) is 16.7 Å². The van der Waals surface area contributed by atoms with Crippen LogP contribution in [0.25, 0.3) is 33.6 Å². The maximum atomic E-state index is 13.2. The van der Waals surface area contributed by atoms with Gasteiger partial charge >= 0.3 is 0 Å². The second kappa shape index (κ2) is 8.29. The molecule has 3 aromatic carbocycles. The third kappa shape index (κ3) is 3.63. The lowest BCUT2D eigenvalue weighted by atomic mass is 10.1. The van der Waals surface area contributed by atoms with Gasteiger partial charge in [-0.2, -0.15) is 9.78 Å². The van der Waals surface area contributed by atoms with E-state index in [1.165, 1.54) is 10.9 Å². The third-order valence-electron chi connectivity index (χ3n) is 5.25. The molecule has 0 saturated carbocycles. The smallest absolute Gasteiger partial charge is 0.282 e. The lowest BCUT2D eigenvalue weighted by Crippen LogP contribution is -2.20. The Kier molecular flexibility index (Phi) is 5.17. The van der Waals surface area contributed by atoms with Crippen LogP contribution < -0.4 is 5.56 Å². The molecule has 0 aliphatic rings.